The molecule has 2 N–H and O–H groups in total. The number of hydrogen-bond donors (Lipinski definition) is 1. The molecule has 1 aliphatic heterocycles. The number of rotatable bonds is 3. The second-order valence-corrected chi connectivity index (χ2v) is 7.37. The number of nitrogens with zero attached hydrogens (tertiary/aromatic N) is 2. The molecule has 1 fully saturated rings. The second kappa shape index (κ2) is 6.46. The SMILES string of the molecule is CC(C)(C)N1CCN(c2cc(Br)ccc2CCN)CC1. The number of hydrogen-bond acceptors (Lipinski definition) is 3. The summed E-state index contributed by atoms with van der Waals surface area (Å²) >= 11 is 3.59. The van der Waals surface area contributed by atoms with Gasteiger partial charge in [-0.1, -0.05) is 22.0 Å². The van der Waals surface area contributed by atoms with E-state index in [1.54, 1.807) is 0 Å². The van der Waals surface area contributed by atoms with Crippen molar-refractivity contribution in [3.05, 3.63) is 28.2 Å². The predicted molar refractivity (Wildman–Crippen MR) is 90.4 cm³/mol. The average molecular weight is 340 g/mol. The van der Waals surface area contributed by atoms with Gasteiger partial charge in [-0.25, -0.2) is 0 Å². The summed E-state index contributed by atoms with van der Waals surface area (Å²) in [5, 5.41) is 0. The van der Waals surface area contributed by atoms with Gasteiger partial charge in [0.25, 0.3) is 0 Å². The van der Waals surface area contributed by atoms with Crippen molar-refractivity contribution in [1.82, 2.24) is 4.90 Å². The topological polar surface area (TPSA) is 32.5 Å². The van der Waals surface area contributed by atoms with Crippen LogP contribution in [0.4, 0.5) is 5.69 Å². The van der Waals surface area contributed by atoms with Crippen molar-refractivity contribution in [2.75, 3.05) is 37.6 Å². The van der Waals surface area contributed by atoms with E-state index in [1.807, 2.05) is 0 Å². The Balaban J connectivity index is 2.12. The lowest BCUT2D eigenvalue weighted by Crippen LogP contribution is -2.53. The Kier molecular flexibility index (Phi) is 5.10. The fourth-order valence-electron chi connectivity index (χ4n) is 2.82. The maximum Gasteiger partial charge on any atom is 0.0411 e. The monoisotopic (exact) mass is 339 g/mol. The summed E-state index contributed by atoms with van der Waals surface area (Å²) in [5.41, 5.74) is 8.71. The van der Waals surface area contributed by atoms with E-state index >= 15 is 0 Å². The van der Waals surface area contributed by atoms with Crippen LogP contribution in [0.25, 0.3) is 0 Å². The van der Waals surface area contributed by atoms with Gasteiger partial charge in [0.05, 0.1) is 0 Å². The standard InChI is InChI=1S/C16H26BrN3/c1-16(2,3)20-10-8-19(9-11-20)15-12-14(17)5-4-13(15)6-7-18/h4-5,12H,6-11,18H2,1-3H3. The van der Waals surface area contributed by atoms with Gasteiger partial charge in [-0.15, -0.1) is 0 Å². The van der Waals surface area contributed by atoms with Gasteiger partial charge in [0.15, 0.2) is 0 Å². The Bertz CT molecular complexity index is 446. The summed E-state index contributed by atoms with van der Waals surface area (Å²) in [6.45, 7) is 12.0. The van der Waals surface area contributed by atoms with Crippen LogP contribution in [0.2, 0.25) is 0 Å². The fraction of sp³-hybridized carbons (Fsp3) is 0.625. The van der Waals surface area contributed by atoms with Gasteiger partial charge in [-0.05, 0) is 51.4 Å². The van der Waals surface area contributed by atoms with Crippen LogP contribution in [0.1, 0.15) is 26.3 Å². The zero-order chi connectivity index (χ0) is 14.8. The molecule has 0 aromatic heterocycles. The summed E-state index contributed by atoms with van der Waals surface area (Å²) in [4.78, 5) is 5.06. The molecule has 0 saturated carbocycles. The molecule has 1 aromatic carbocycles. The molecule has 0 amide bonds. The van der Waals surface area contributed by atoms with E-state index < -0.39 is 0 Å². The van der Waals surface area contributed by atoms with Gasteiger partial charge >= 0.3 is 0 Å². The van der Waals surface area contributed by atoms with Crippen LogP contribution in [0.3, 0.4) is 0 Å². The van der Waals surface area contributed by atoms with Crippen LogP contribution in [-0.4, -0.2) is 43.2 Å². The van der Waals surface area contributed by atoms with E-state index in [4.69, 9.17) is 5.73 Å². The molecule has 0 radical (unpaired) electrons. The lowest BCUT2D eigenvalue weighted by molar-refractivity contribution is 0.128. The van der Waals surface area contributed by atoms with E-state index in [9.17, 15) is 0 Å². The Morgan fingerprint density at radius 3 is 2.35 bits per heavy atom. The summed E-state index contributed by atoms with van der Waals surface area (Å²) < 4.78 is 1.14. The molecule has 112 valence electrons. The molecule has 0 atom stereocenters. The minimum Gasteiger partial charge on any atom is -0.369 e. The molecule has 0 aliphatic carbocycles. The van der Waals surface area contributed by atoms with Crippen molar-refractivity contribution in [3.8, 4) is 0 Å². The predicted octanol–water partition coefficient (Wildman–Crippen LogP) is 2.87. The molecule has 1 heterocycles. The summed E-state index contributed by atoms with van der Waals surface area (Å²) in [6, 6.07) is 6.54. The maximum absolute atomic E-state index is 5.74. The molecule has 4 heteroatoms. The minimum atomic E-state index is 0.267. The number of nitrogens with two attached hydrogens (primary N) is 1. The second-order valence-electron chi connectivity index (χ2n) is 6.46. The number of piperazine rings is 1. The van der Waals surface area contributed by atoms with E-state index in [2.05, 4.69) is 64.7 Å². The van der Waals surface area contributed by atoms with E-state index in [-0.39, 0.29) is 5.54 Å². The molecule has 3 nitrogen and oxygen atoms in total. The van der Waals surface area contributed by atoms with Crippen LogP contribution >= 0.6 is 15.9 Å². The highest BCUT2D eigenvalue weighted by molar-refractivity contribution is 9.10. The Morgan fingerprint density at radius 2 is 1.80 bits per heavy atom. The zero-order valence-electron chi connectivity index (χ0n) is 12.8. The summed E-state index contributed by atoms with van der Waals surface area (Å²) in [5.74, 6) is 0. The largest absolute Gasteiger partial charge is 0.369 e. The lowest BCUT2D eigenvalue weighted by Gasteiger charge is -2.43. The first-order valence-electron chi connectivity index (χ1n) is 7.40. The third-order valence-corrected chi connectivity index (χ3v) is 4.52. The molecule has 1 saturated heterocycles. The molecule has 0 bridgehead atoms. The lowest BCUT2D eigenvalue weighted by atomic mass is 10.0. The van der Waals surface area contributed by atoms with Crippen LogP contribution in [0, 0.1) is 0 Å². The molecule has 0 spiro atoms. The van der Waals surface area contributed by atoms with Crippen LogP contribution in [-0.2, 0) is 6.42 Å². The van der Waals surface area contributed by atoms with Crippen molar-refractivity contribution in [1.29, 1.82) is 0 Å². The molecule has 0 unspecified atom stereocenters. The van der Waals surface area contributed by atoms with Crippen LogP contribution in [0.15, 0.2) is 22.7 Å². The third kappa shape index (κ3) is 3.74. The molecule has 20 heavy (non-hydrogen) atoms. The van der Waals surface area contributed by atoms with Gasteiger partial charge < -0.3 is 10.6 Å². The first-order chi connectivity index (χ1) is 9.41. The molecular formula is C16H26BrN3. The van der Waals surface area contributed by atoms with Crippen molar-refractivity contribution in [2.45, 2.75) is 32.7 Å². The first-order valence-corrected chi connectivity index (χ1v) is 8.19. The van der Waals surface area contributed by atoms with Gasteiger partial charge in [0.2, 0.25) is 0 Å². The Labute approximate surface area is 131 Å². The summed E-state index contributed by atoms with van der Waals surface area (Å²) in [7, 11) is 0. The van der Waals surface area contributed by atoms with Crippen molar-refractivity contribution in [2.24, 2.45) is 5.73 Å². The van der Waals surface area contributed by atoms with Gasteiger partial charge in [-0.3, -0.25) is 4.90 Å². The van der Waals surface area contributed by atoms with Crippen molar-refractivity contribution >= 4 is 21.6 Å². The highest BCUT2D eigenvalue weighted by Crippen LogP contribution is 2.27. The molecular weight excluding hydrogens is 314 g/mol. The van der Waals surface area contributed by atoms with Crippen molar-refractivity contribution < 1.29 is 0 Å². The number of halogens is 1. The highest BCUT2D eigenvalue weighted by Gasteiger charge is 2.26. The fourth-order valence-corrected chi connectivity index (χ4v) is 3.17. The summed E-state index contributed by atoms with van der Waals surface area (Å²) in [6.07, 6.45) is 0.947. The third-order valence-electron chi connectivity index (χ3n) is 4.03. The minimum absolute atomic E-state index is 0.267. The smallest absolute Gasteiger partial charge is 0.0411 e. The van der Waals surface area contributed by atoms with E-state index in [0.29, 0.717) is 6.54 Å². The maximum atomic E-state index is 5.74. The highest BCUT2D eigenvalue weighted by atomic mass is 79.9. The zero-order valence-corrected chi connectivity index (χ0v) is 14.4. The quantitative estimate of drug-likeness (QED) is 0.918. The molecule has 2 rings (SSSR count). The van der Waals surface area contributed by atoms with E-state index in [1.165, 1.54) is 11.3 Å². The van der Waals surface area contributed by atoms with E-state index in [0.717, 1.165) is 37.1 Å². The van der Waals surface area contributed by atoms with Gasteiger partial charge in [-0.2, -0.15) is 0 Å². The van der Waals surface area contributed by atoms with Crippen molar-refractivity contribution in [3.63, 3.8) is 0 Å². The Morgan fingerprint density at radius 1 is 1.15 bits per heavy atom. The molecule has 1 aromatic rings. The van der Waals surface area contributed by atoms with Gasteiger partial charge in [0, 0.05) is 41.9 Å². The van der Waals surface area contributed by atoms with Crippen LogP contribution in [0.5, 0.6) is 0 Å². The van der Waals surface area contributed by atoms with Gasteiger partial charge in [0.1, 0.15) is 0 Å². The normalized spacial score (nSPS) is 17.6. The Hall–Kier alpha value is -0.580. The number of anilines is 1. The average Bonchev–Trinajstić information content (AvgIpc) is 2.40. The number of benzene rings is 1. The first kappa shape index (κ1) is 15.8. The van der Waals surface area contributed by atoms with Crippen LogP contribution < -0.4 is 10.6 Å². The molecule has 1 aliphatic rings.